The third kappa shape index (κ3) is 3.17. The van der Waals surface area contributed by atoms with E-state index in [0.29, 0.717) is 0 Å². The number of anilines is 1. The molecule has 24 heavy (non-hydrogen) atoms. The van der Waals surface area contributed by atoms with Crippen molar-refractivity contribution >= 4 is 33.2 Å². The zero-order valence-electron chi connectivity index (χ0n) is 12.8. The molecule has 1 aliphatic rings. The zero-order valence-corrected chi connectivity index (χ0v) is 14.5. The molecule has 0 aliphatic carbocycles. The number of halogens is 1. The molecule has 2 aromatic rings. The average Bonchev–Trinajstić information content (AvgIpc) is 3.06. The summed E-state index contributed by atoms with van der Waals surface area (Å²) < 4.78 is 39.5. The van der Waals surface area contributed by atoms with E-state index in [4.69, 9.17) is 0 Å². The van der Waals surface area contributed by atoms with E-state index in [2.05, 4.69) is 9.97 Å². The number of sulfonamides is 1. The van der Waals surface area contributed by atoms with Gasteiger partial charge < -0.3 is 0 Å². The third-order valence-corrected chi connectivity index (χ3v) is 7.16. The molecule has 0 spiro atoms. The van der Waals surface area contributed by atoms with E-state index in [-0.39, 0.29) is 29.8 Å². The van der Waals surface area contributed by atoms with Crippen LogP contribution >= 0.6 is 11.3 Å². The van der Waals surface area contributed by atoms with Crippen molar-refractivity contribution in [1.82, 2.24) is 14.3 Å². The molecule has 3 heterocycles. The molecular formula is C14H15FN4O3S2. The first-order chi connectivity index (χ1) is 11.4. The Balaban J connectivity index is 1.77. The first-order valence-electron chi connectivity index (χ1n) is 7.28. The van der Waals surface area contributed by atoms with Crippen LogP contribution < -0.4 is 4.90 Å². The molecule has 128 valence electrons. The van der Waals surface area contributed by atoms with Crippen molar-refractivity contribution in [2.75, 3.05) is 24.5 Å². The Morgan fingerprint density at radius 1 is 1.25 bits per heavy atom. The number of hydrogen-bond acceptors (Lipinski definition) is 6. The number of aryl methyl sites for hydroxylation is 1. The maximum atomic E-state index is 12.9. The van der Waals surface area contributed by atoms with Gasteiger partial charge in [-0.15, -0.1) is 11.3 Å². The smallest absolute Gasteiger partial charge is 0.253 e. The van der Waals surface area contributed by atoms with Crippen molar-refractivity contribution in [3.8, 4) is 0 Å². The highest BCUT2D eigenvalue weighted by molar-refractivity contribution is 7.91. The number of piperazine rings is 1. The van der Waals surface area contributed by atoms with Gasteiger partial charge in [-0.05, 0) is 18.6 Å². The van der Waals surface area contributed by atoms with Gasteiger partial charge in [0.05, 0.1) is 18.9 Å². The zero-order chi connectivity index (χ0) is 17.3. The summed E-state index contributed by atoms with van der Waals surface area (Å²) in [4.78, 5) is 22.0. The standard InChI is InChI=1S/C14H15FN4O3S2/c1-2-11-3-4-13(23-11)24(21,22)18-5-6-19(12(20)9-18)14-16-7-10(15)8-17-14/h3-4,7-8H,2,5-6,9H2,1H3. The van der Waals surface area contributed by atoms with Gasteiger partial charge in [-0.1, -0.05) is 6.92 Å². The van der Waals surface area contributed by atoms with Crippen LogP contribution in [0.2, 0.25) is 0 Å². The lowest BCUT2D eigenvalue weighted by Crippen LogP contribution is -2.52. The van der Waals surface area contributed by atoms with Crippen molar-refractivity contribution in [3.05, 3.63) is 35.2 Å². The van der Waals surface area contributed by atoms with Crippen molar-refractivity contribution < 1.29 is 17.6 Å². The molecule has 10 heteroatoms. The Labute approximate surface area is 142 Å². The molecule has 0 atom stereocenters. The summed E-state index contributed by atoms with van der Waals surface area (Å²) in [5.74, 6) is -0.969. The molecule has 1 aliphatic heterocycles. The summed E-state index contributed by atoms with van der Waals surface area (Å²) in [6, 6.07) is 3.35. The van der Waals surface area contributed by atoms with E-state index in [9.17, 15) is 17.6 Å². The summed E-state index contributed by atoms with van der Waals surface area (Å²) in [6.45, 7) is 1.92. The lowest BCUT2D eigenvalue weighted by Gasteiger charge is -2.31. The Hall–Kier alpha value is -1.91. The van der Waals surface area contributed by atoms with Crippen molar-refractivity contribution in [2.45, 2.75) is 17.6 Å². The van der Waals surface area contributed by atoms with Crippen LogP contribution in [0, 0.1) is 5.82 Å². The fourth-order valence-electron chi connectivity index (χ4n) is 2.33. The largest absolute Gasteiger partial charge is 0.278 e. The van der Waals surface area contributed by atoms with Crippen molar-refractivity contribution in [1.29, 1.82) is 0 Å². The highest BCUT2D eigenvalue weighted by Gasteiger charge is 2.35. The molecule has 0 radical (unpaired) electrons. The third-order valence-electron chi connectivity index (χ3n) is 3.61. The van der Waals surface area contributed by atoms with Crippen LogP contribution in [-0.2, 0) is 21.2 Å². The molecule has 7 nitrogen and oxygen atoms in total. The molecule has 0 unspecified atom stereocenters. The Kier molecular flexibility index (Phi) is 4.61. The fraction of sp³-hybridized carbons (Fsp3) is 0.357. The van der Waals surface area contributed by atoms with Crippen LogP contribution in [0.25, 0.3) is 0 Å². The topological polar surface area (TPSA) is 83.5 Å². The van der Waals surface area contributed by atoms with Crippen molar-refractivity contribution in [3.63, 3.8) is 0 Å². The van der Waals surface area contributed by atoms with E-state index >= 15 is 0 Å². The van der Waals surface area contributed by atoms with Crippen LogP contribution in [0.4, 0.5) is 10.3 Å². The van der Waals surface area contributed by atoms with E-state index in [1.165, 1.54) is 16.2 Å². The van der Waals surface area contributed by atoms with Crippen molar-refractivity contribution in [2.24, 2.45) is 0 Å². The van der Waals surface area contributed by atoms with Gasteiger partial charge >= 0.3 is 0 Å². The van der Waals surface area contributed by atoms with Crippen LogP contribution in [0.3, 0.4) is 0 Å². The second-order valence-corrected chi connectivity index (χ2v) is 8.49. The maximum absolute atomic E-state index is 12.9. The summed E-state index contributed by atoms with van der Waals surface area (Å²) in [5, 5.41) is 0. The molecule has 0 N–H and O–H groups in total. The Morgan fingerprint density at radius 2 is 1.96 bits per heavy atom. The first-order valence-corrected chi connectivity index (χ1v) is 9.54. The predicted molar refractivity (Wildman–Crippen MR) is 86.8 cm³/mol. The molecule has 3 rings (SSSR count). The Morgan fingerprint density at radius 3 is 2.54 bits per heavy atom. The van der Waals surface area contributed by atoms with Gasteiger partial charge in [0.1, 0.15) is 4.21 Å². The lowest BCUT2D eigenvalue weighted by molar-refractivity contribution is -0.120. The van der Waals surface area contributed by atoms with Gasteiger partial charge in [-0.2, -0.15) is 4.31 Å². The maximum Gasteiger partial charge on any atom is 0.253 e. The van der Waals surface area contributed by atoms with Gasteiger partial charge in [0.15, 0.2) is 5.82 Å². The minimum absolute atomic E-state index is 0.0721. The first kappa shape index (κ1) is 16.9. The molecule has 0 aromatic carbocycles. The van der Waals surface area contributed by atoms with E-state index in [1.54, 1.807) is 12.1 Å². The highest BCUT2D eigenvalue weighted by atomic mass is 32.2. The summed E-state index contributed by atoms with van der Waals surface area (Å²) >= 11 is 1.21. The molecule has 0 saturated carbocycles. The number of carbonyl (C=O) groups is 1. The lowest BCUT2D eigenvalue weighted by atomic mass is 10.4. The summed E-state index contributed by atoms with van der Waals surface area (Å²) in [7, 11) is -3.69. The van der Waals surface area contributed by atoms with Gasteiger partial charge in [0.25, 0.3) is 10.0 Å². The average molecular weight is 370 g/mol. The second-order valence-electron chi connectivity index (χ2n) is 5.16. The number of amides is 1. The number of hydrogen-bond donors (Lipinski definition) is 0. The molecule has 2 aromatic heterocycles. The van der Waals surface area contributed by atoms with E-state index in [0.717, 1.165) is 28.0 Å². The minimum atomic E-state index is -3.69. The molecule has 1 saturated heterocycles. The highest BCUT2D eigenvalue weighted by Crippen LogP contribution is 2.26. The Bertz CT molecular complexity index is 851. The molecule has 0 bridgehead atoms. The number of rotatable bonds is 4. The summed E-state index contributed by atoms with van der Waals surface area (Å²) in [6.07, 6.45) is 2.70. The number of aromatic nitrogens is 2. The van der Waals surface area contributed by atoms with Crippen LogP contribution in [0.15, 0.2) is 28.7 Å². The van der Waals surface area contributed by atoms with Crippen LogP contribution in [0.1, 0.15) is 11.8 Å². The molecular weight excluding hydrogens is 355 g/mol. The predicted octanol–water partition coefficient (Wildman–Crippen LogP) is 1.28. The van der Waals surface area contributed by atoms with Gasteiger partial charge in [0, 0.05) is 18.0 Å². The number of nitrogens with zero attached hydrogens (tertiary/aromatic N) is 4. The number of thiophene rings is 1. The SMILES string of the molecule is CCc1ccc(S(=O)(=O)N2CCN(c3ncc(F)cn3)C(=O)C2)s1. The normalized spacial score (nSPS) is 16.6. The van der Waals surface area contributed by atoms with Crippen LogP contribution in [0.5, 0.6) is 0 Å². The minimum Gasteiger partial charge on any atom is -0.278 e. The van der Waals surface area contributed by atoms with Gasteiger partial charge in [0.2, 0.25) is 11.9 Å². The van der Waals surface area contributed by atoms with Crippen LogP contribution in [-0.4, -0.2) is 48.2 Å². The number of carbonyl (C=O) groups excluding carboxylic acids is 1. The van der Waals surface area contributed by atoms with E-state index < -0.39 is 21.7 Å². The summed E-state index contributed by atoms with van der Waals surface area (Å²) in [5.41, 5.74) is 0. The molecule has 1 amide bonds. The monoisotopic (exact) mass is 370 g/mol. The fourth-order valence-corrected chi connectivity index (χ4v) is 5.16. The van der Waals surface area contributed by atoms with Gasteiger partial charge in [-0.25, -0.2) is 22.8 Å². The quantitative estimate of drug-likeness (QED) is 0.809. The van der Waals surface area contributed by atoms with Gasteiger partial charge in [-0.3, -0.25) is 9.69 Å². The second kappa shape index (κ2) is 6.54. The molecule has 1 fully saturated rings. The van der Waals surface area contributed by atoms with E-state index in [1.807, 2.05) is 6.92 Å².